The Balaban J connectivity index is 1.50. The first-order valence-electron chi connectivity index (χ1n) is 11.3. The second kappa shape index (κ2) is 13.2. The quantitative estimate of drug-likeness (QED) is 0.257. The number of rotatable bonds is 11. The van der Waals surface area contributed by atoms with Crippen LogP contribution in [0.5, 0.6) is 11.5 Å². The van der Waals surface area contributed by atoms with E-state index in [2.05, 4.69) is 17.6 Å². The van der Waals surface area contributed by atoms with E-state index in [-0.39, 0.29) is 11.0 Å². The normalized spacial score (nSPS) is 10.3. The zero-order valence-electron chi connectivity index (χ0n) is 18.9. The number of carbonyl (C=O) groups is 1. The molecule has 3 aromatic carbocycles. The standard InChI is InChI=1S/C27H30N2O3S/c1-2-3-4-10-19-31-23-17-15-22(16-18-23)26(30)29-27(33)28-24-13-8-9-14-25(24)32-20-21-11-6-5-7-12-21/h5-9,11-18H,2-4,10,19-20H2,1H3,(H2,28,29,30,33). The van der Waals surface area contributed by atoms with Crippen molar-refractivity contribution in [1.82, 2.24) is 5.32 Å². The molecule has 0 fully saturated rings. The molecule has 3 rings (SSSR count). The van der Waals surface area contributed by atoms with Crippen LogP contribution in [0.25, 0.3) is 0 Å². The Morgan fingerprint density at radius 1 is 0.848 bits per heavy atom. The molecule has 2 N–H and O–H groups in total. The first-order valence-corrected chi connectivity index (χ1v) is 11.7. The molecule has 3 aromatic rings. The van der Waals surface area contributed by atoms with Crippen molar-refractivity contribution in [1.29, 1.82) is 0 Å². The van der Waals surface area contributed by atoms with E-state index in [0.717, 1.165) is 17.7 Å². The van der Waals surface area contributed by atoms with Crippen molar-refractivity contribution >= 4 is 28.9 Å². The molecule has 6 heteroatoms. The van der Waals surface area contributed by atoms with Crippen LogP contribution in [0.1, 0.15) is 48.5 Å². The van der Waals surface area contributed by atoms with Crippen LogP contribution in [0.4, 0.5) is 5.69 Å². The molecule has 172 valence electrons. The third-order valence-corrected chi connectivity index (χ3v) is 5.19. The summed E-state index contributed by atoms with van der Waals surface area (Å²) in [6.07, 6.45) is 4.63. The van der Waals surface area contributed by atoms with Gasteiger partial charge in [-0.05, 0) is 60.6 Å². The Labute approximate surface area is 201 Å². The fraction of sp³-hybridized carbons (Fsp3) is 0.259. The van der Waals surface area contributed by atoms with Crippen molar-refractivity contribution in [2.45, 2.75) is 39.2 Å². The molecule has 5 nitrogen and oxygen atoms in total. The van der Waals surface area contributed by atoms with Gasteiger partial charge in [0.25, 0.3) is 5.91 Å². The molecule has 0 aliphatic rings. The third-order valence-electron chi connectivity index (χ3n) is 4.98. The number of benzene rings is 3. The number of nitrogens with one attached hydrogen (secondary N) is 2. The average Bonchev–Trinajstić information content (AvgIpc) is 2.84. The van der Waals surface area contributed by atoms with E-state index in [1.807, 2.05) is 54.6 Å². The molecule has 33 heavy (non-hydrogen) atoms. The average molecular weight is 463 g/mol. The lowest BCUT2D eigenvalue weighted by Gasteiger charge is -2.14. The summed E-state index contributed by atoms with van der Waals surface area (Å²) in [7, 11) is 0. The largest absolute Gasteiger partial charge is 0.494 e. The topological polar surface area (TPSA) is 59.6 Å². The summed E-state index contributed by atoms with van der Waals surface area (Å²) in [6, 6.07) is 24.5. The van der Waals surface area contributed by atoms with Gasteiger partial charge in [-0.1, -0.05) is 68.7 Å². The summed E-state index contributed by atoms with van der Waals surface area (Å²) >= 11 is 5.34. The van der Waals surface area contributed by atoms with Crippen LogP contribution in [-0.4, -0.2) is 17.6 Å². The summed E-state index contributed by atoms with van der Waals surface area (Å²) in [6.45, 7) is 3.31. The number of para-hydroxylation sites is 2. The van der Waals surface area contributed by atoms with Gasteiger partial charge in [-0.3, -0.25) is 10.1 Å². The fourth-order valence-corrected chi connectivity index (χ4v) is 3.38. The molecule has 0 saturated heterocycles. The van der Waals surface area contributed by atoms with Crippen molar-refractivity contribution in [3.8, 4) is 11.5 Å². The highest BCUT2D eigenvalue weighted by atomic mass is 32.1. The van der Waals surface area contributed by atoms with E-state index < -0.39 is 0 Å². The van der Waals surface area contributed by atoms with Crippen molar-refractivity contribution < 1.29 is 14.3 Å². The molecular weight excluding hydrogens is 432 g/mol. The maximum Gasteiger partial charge on any atom is 0.257 e. The highest BCUT2D eigenvalue weighted by molar-refractivity contribution is 7.80. The summed E-state index contributed by atoms with van der Waals surface area (Å²) in [4.78, 5) is 12.6. The number of ether oxygens (including phenoxy) is 2. The second-order valence-corrected chi connectivity index (χ2v) is 8.02. The monoisotopic (exact) mass is 462 g/mol. The van der Waals surface area contributed by atoms with Gasteiger partial charge in [0.15, 0.2) is 5.11 Å². The van der Waals surface area contributed by atoms with Crippen LogP contribution in [0.3, 0.4) is 0 Å². The van der Waals surface area contributed by atoms with Gasteiger partial charge in [0.1, 0.15) is 18.1 Å². The molecule has 0 aromatic heterocycles. The maximum absolute atomic E-state index is 12.6. The number of carbonyl (C=O) groups excluding carboxylic acids is 1. The van der Waals surface area contributed by atoms with Crippen molar-refractivity contribution in [3.05, 3.63) is 90.0 Å². The highest BCUT2D eigenvalue weighted by Crippen LogP contribution is 2.24. The van der Waals surface area contributed by atoms with Crippen LogP contribution in [0.2, 0.25) is 0 Å². The first-order chi connectivity index (χ1) is 16.2. The van der Waals surface area contributed by atoms with E-state index in [9.17, 15) is 4.79 Å². The van der Waals surface area contributed by atoms with E-state index >= 15 is 0 Å². The molecule has 0 spiro atoms. The van der Waals surface area contributed by atoms with Crippen LogP contribution in [0.15, 0.2) is 78.9 Å². The number of unbranched alkanes of at least 4 members (excludes halogenated alkanes) is 3. The number of hydrogen-bond donors (Lipinski definition) is 2. The van der Waals surface area contributed by atoms with E-state index in [0.29, 0.717) is 30.2 Å². The van der Waals surface area contributed by atoms with Gasteiger partial charge in [0.2, 0.25) is 0 Å². The number of thiocarbonyl (C=S) groups is 1. The maximum atomic E-state index is 12.6. The molecule has 0 aliphatic carbocycles. The summed E-state index contributed by atoms with van der Waals surface area (Å²) in [5.74, 6) is 1.12. The van der Waals surface area contributed by atoms with E-state index in [1.165, 1.54) is 19.3 Å². The smallest absolute Gasteiger partial charge is 0.257 e. The van der Waals surface area contributed by atoms with Gasteiger partial charge in [-0.25, -0.2) is 0 Å². The Hall–Kier alpha value is -3.38. The van der Waals surface area contributed by atoms with Crippen molar-refractivity contribution in [3.63, 3.8) is 0 Å². The first kappa shape index (κ1) is 24.3. The fourth-order valence-electron chi connectivity index (χ4n) is 3.18. The molecule has 0 unspecified atom stereocenters. The minimum Gasteiger partial charge on any atom is -0.494 e. The number of amides is 1. The van der Waals surface area contributed by atoms with Gasteiger partial charge in [0.05, 0.1) is 12.3 Å². The lowest BCUT2D eigenvalue weighted by molar-refractivity contribution is 0.0977. The molecular formula is C27H30N2O3S. The lowest BCUT2D eigenvalue weighted by atomic mass is 10.2. The van der Waals surface area contributed by atoms with Crippen molar-refractivity contribution in [2.24, 2.45) is 0 Å². The minimum atomic E-state index is -0.287. The molecule has 1 amide bonds. The van der Waals surface area contributed by atoms with Crippen LogP contribution < -0.4 is 20.1 Å². The van der Waals surface area contributed by atoms with Gasteiger partial charge in [-0.15, -0.1) is 0 Å². The SMILES string of the molecule is CCCCCCOc1ccc(C(=O)NC(=S)Nc2ccccc2OCc2ccccc2)cc1. The molecule has 0 atom stereocenters. The molecule has 0 radical (unpaired) electrons. The summed E-state index contributed by atoms with van der Waals surface area (Å²) in [5.41, 5.74) is 2.26. The number of hydrogen-bond acceptors (Lipinski definition) is 4. The molecule has 0 heterocycles. The number of anilines is 1. The molecule has 0 bridgehead atoms. The predicted molar refractivity (Wildman–Crippen MR) is 137 cm³/mol. The van der Waals surface area contributed by atoms with Crippen LogP contribution in [-0.2, 0) is 6.61 Å². The highest BCUT2D eigenvalue weighted by Gasteiger charge is 2.10. The van der Waals surface area contributed by atoms with Crippen molar-refractivity contribution in [2.75, 3.05) is 11.9 Å². The lowest BCUT2D eigenvalue weighted by Crippen LogP contribution is -2.34. The zero-order valence-corrected chi connectivity index (χ0v) is 19.7. The predicted octanol–water partition coefficient (Wildman–Crippen LogP) is 6.35. The molecule has 0 saturated carbocycles. The Bertz CT molecular complexity index is 1020. The Morgan fingerprint density at radius 2 is 1.58 bits per heavy atom. The van der Waals surface area contributed by atoms with Gasteiger partial charge in [0, 0.05) is 5.56 Å². The second-order valence-electron chi connectivity index (χ2n) is 7.61. The zero-order chi connectivity index (χ0) is 23.3. The Kier molecular flexibility index (Phi) is 9.73. The van der Waals surface area contributed by atoms with Crippen LogP contribution >= 0.6 is 12.2 Å². The molecule has 0 aliphatic heterocycles. The summed E-state index contributed by atoms with van der Waals surface area (Å²) in [5, 5.41) is 5.97. The Morgan fingerprint density at radius 3 is 2.33 bits per heavy atom. The van der Waals surface area contributed by atoms with Gasteiger partial charge in [-0.2, -0.15) is 0 Å². The third kappa shape index (κ3) is 8.24. The van der Waals surface area contributed by atoms with Crippen LogP contribution in [0, 0.1) is 0 Å². The van der Waals surface area contributed by atoms with E-state index in [4.69, 9.17) is 21.7 Å². The minimum absolute atomic E-state index is 0.201. The van der Waals surface area contributed by atoms with Gasteiger partial charge < -0.3 is 14.8 Å². The van der Waals surface area contributed by atoms with E-state index in [1.54, 1.807) is 24.3 Å². The van der Waals surface area contributed by atoms with Gasteiger partial charge >= 0.3 is 0 Å². The summed E-state index contributed by atoms with van der Waals surface area (Å²) < 4.78 is 11.7.